The Kier molecular flexibility index (Phi) is 9.72. The van der Waals surface area contributed by atoms with E-state index in [1.54, 1.807) is 4.90 Å². The van der Waals surface area contributed by atoms with E-state index in [0.29, 0.717) is 6.42 Å². The SMILES string of the molecule is COc1cc(OCC(=O)N(Cc2ccccc2C)[C@H](Cc2ccccc2)C(=O)NC2CCCC2)ccc1[N+](=O)[O-]. The number of carbonyl (C=O) groups excluding carboxylic acids is 2. The van der Waals surface area contributed by atoms with Gasteiger partial charge in [-0.25, -0.2) is 0 Å². The highest BCUT2D eigenvalue weighted by molar-refractivity contribution is 5.88. The van der Waals surface area contributed by atoms with Crippen LogP contribution in [0.25, 0.3) is 0 Å². The van der Waals surface area contributed by atoms with Crippen LogP contribution in [-0.2, 0) is 22.6 Å². The summed E-state index contributed by atoms with van der Waals surface area (Å²) in [7, 11) is 1.33. The molecule has 0 aromatic heterocycles. The molecule has 1 fully saturated rings. The van der Waals surface area contributed by atoms with Gasteiger partial charge in [-0.1, -0.05) is 67.4 Å². The third kappa shape index (κ3) is 7.37. The van der Waals surface area contributed by atoms with E-state index in [0.717, 1.165) is 42.4 Å². The Bertz CT molecular complexity index is 1320. The number of hydrogen-bond acceptors (Lipinski definition) is 6. The number of carbonyl (C=O) groups is 2. The highest BCUT2D eigenvalue weighted by Gasteiger charge is 2.32. The highest BCUT2D eigenvalue weighted by Crippen LogP contribution is 2.31. The van der Waals surface area contributed by atoms with Crippen LogP contribution >= 0.6 is 0 Å². The molecule has 9 nitrogen and oxygen atoms in total. The van der Waals surface area contributed by atoms with Gasteiger partial charge in [-0.2, -0.15) is 0 Å². The summed E-state index contributed by atoms with van der Waals surface area (Å²) in [5, 5.41) is 14.4. The molecule has 40 heavy (non-hydrogen) atoms. The van der Waals surface area contributed by atoms with E-state index in [9.17, 15) is 19.7 Å². The van der Waals surface area contributed by atoms with Crippen LogP contribution in [0.5, 0.6) is 11.5 Å². The lowest BCUT2D eigenvalue weighted by Gasteiger charge is -2.32. The van der Waals surface area contributed by atoms with Crippen molar-refractivity contribution in [2.75, 3.05) is 13.7 Å². The molecule has 1 aliphatic rings. The van der Waals surface area contributed by atoms with Crippen LogP contribution in [-0.4, -0.2) is 47.4 Å². The summed E-state index contributed by atoms with van der Waals surface area (Å²) in [4.78, 5) is 39.9. The molecule has 2 amide bonds. The first-order valence-electron chi connectivity index (χ1n) is 13.5. The zero-order valence-corrected chi connectivity index (χ0v) is 22.9. The number of aryl methyl sites for hydroxylation is 1. The smallest absolute Gasteiger partial charge is 0.311 e. The summed E-state index contributed by atoms with van der Waals surface area (Å²) in [6.45, 7) is 1.85. The van der Waals surface area contributed by atoms with Gasteiger partial charge < -0.3 is 19.7 Å². The fourth-order valence-corrected chi connectivity index (χ4v) is 5.02. The molecule has 1 aliphatic carbocycles. The molecule has 4 rings (SSSR count). The summed E-state index contributed by atoms with van der Waals surface area (Å²) in [6.07, 6.45) is 4.36. The maximum atomic E-state index is 13.8. The predicted molar refractivity (Wildman–Crippen MR) is 151 cm³/mol. The summed E-state index contributed by atoms with van der Waals surface area (Å²) in [6, 6.07) is 20.8. The van der Waals surface area contributed by atoms with Crippen molar-refractivity contribution in [3.63, 3.8) is 0 Å². The molecule has 0 unspecified atom stereocenters. The fraction of sp³-hybridized carbons (Fsp3) is 0.355. The molecule has 3 aromatic carbocycles. The summed E-state index contributed by atoms with van der Waals surface area (Å²) >= 11 is 0. The van der Waals surface area contributed by atoms with Gasteiger partial charge in [0.25, 0.3) is 5.91 Å². The maximum absolute atomic E-state index is 13.8. The Balaban J connectivity index is 1.62. The van der Waals surface area contributed by atoms with Gasteiger partial charge in [-0.05, 0) is 42.5 Å². The lowest BCUT2D eigenvalue weighted by Crippen LogP contribution is -2.53. The largest absolute Gasteiger partial charge is 0.490 e. The van der Waals surface area contributed by atoms with Crippen molar-refractivity contribution in [1.29, 1.82) is 0 Å². The number of ether oxygens (including phenoxy) is 2. The summed E-state index contributed by atoms with van der Waals surface area (Å²) < 4.78 is 10.9. The van der Waals surface area contributed by atoms with Gasteiger partial charge in [0.2, 0.25) is 11.7 Å². The van der Waals surface area contributed by atoms with Crippen molar-refractivity contribution in [3.05, 3.63) is 99.6 Å². The third-order valence-electron chi connectivity index (χ3n) is 7.28. The van der Waals surface area contributed by atoms with Crippen LogP contribution in [0.2, 0.25) is 0 Å². The molecule has 210 valence electrons. The average molecular weight is 546 g/mol. The van der Waals surface area contributed by atoms with Crippen LogP contribution in [0.4, 0.5) is 5.69 Å². The van der Waals surface area contributed by atoms with Gasteiger partial charge in [0.05, 0.1) is 12.0 Å². The number of amides is 2. The van der Waals surface area contributed by atoms with Gasteiger partial charge >= 0.3 is 5.69 Å². The number of benzene rings is 3. The molecule has 3 aromatic rings. The minimum Gasteiger partial charge on any atom is -0.490 e. The van der Waals surface area contributed by atoms with E-state index in [2.05, 4.69) is 5.32 Å². The second kappa shape index (κ2) is 13.6. The van der Waals surface area contributed by atoms with Gasteiger partial charge in [0.1, 0.15) is 11.8 Å². The van der Waals surface area contributed by atoms with Gasteiger partial charge in [-0.3, -0.25) is 19.7 Å². The van der Waals surface area contributed by atoms with Crippen LogP contribution in [0.3, 0.4) is 0 Å². The lowest BCUT2D eigenvalue weighted by molar-refractivity contribution is -0.385. The maximum Gasteiger partial charge on any atom is 0.311 e. The molecule has 1 N–H and O–H groups in total. The summed E-state index contributed by atoms with van der Waals surface area (Å²) in [5.41, 5.74) is 2.68. The highest BCUT2D eigenvalue weighted by atomic mass is 16.6. The van der Waals surface area contributed by atoms with E-state index in [1.165, 1.54) is 25.3 Å². The van der Waals surface area contributed by atoms with Crippen molar-refractivity contribution in [2.45, 2.75) is 57.7 Å². The van der Waals surface area contributed by atoms with Gasteiger partial charge in [0, 0.05) is 31.1 Å². The Labute approximate surface area is 234 Å². The van der Waals surface area contributed by atoms with Crippen molar-refractivity contribution >= 4 is 17.5 Å². The van der Waals surface area contributed by atoms with E-state index in [1.807, 2.05) is 61.5 Å². The van der Waals surface area contributed by atoms with Crippen LogP contribution in [0, 0.1) is 17.0 Å². The van der Waals surface area contributed by atoms with Crippen molar-refractivity contribution in [3.8, 4) is 11.5 Å². The molecule has 0 bridgehead atoms. The zero-order chi connectivity index (χ0) is 28.5. The first-order valence-corrected chi connectivity index (χ1v) is 13.5. The number of methoxy groups -OCH3 is 1. The van der Waals surface area contributed by atoms with E-state index in [-0.39, 0.29) is 48.2 Å². The molecule has 9 heteroatoms. The molecule has 0 aliphatic heterocycles. The second-order valence-electron chi connectivity index (χ2n) is 10.0. The predicted octanol–water partition coefficient (Wildman–Crippen LogP) is 4.99. The molecule has 0 heterocycles. The molecule has 1 atom stereocenters. The number of nitrogens with zero attached hydrogens (tertiary/aromatic N) is 2. The standard InChI is InChI=1S/C31H35N3O6/c1-22-10-6-7-13-24(22)20-33(30(35)21-40-26-16-17-27(34(37)38)29(19-26)39-2)28(18-23-11-4-3-5-12-23)31(36)32-25-14-8-9-15-25/h3-7,10-13,16-17,19,25,28H,8-9,14-15,18,20-21H2,1-2H3,(H,32,36)/t28-/m1/s1. The minimum absolute atomic E-state index is 0.0320. The molecular formula is C31H35N3O6. The minimum atomic E-state index is -0.759. The molecule has 0 saturated heterocycles. The van der Waals surface area contributed by atoms with Gasteiger partial charge in [-0.15, -0.1) is 0 Å². The van der Waals surface area contributed by atoms with E-state index in [4.69, 9.17) is 9.47 Å². The molecule has 1 saturated carbocycles. The Hall–Kier alpha value is -4.40. The lowest BCUT2D eigenvalue weighted by atomic mass is 10.0. The Morgan fingerprint density at radius 3 is 2.42 bits per heavy atom. The van der Waals surface area contributed by atoms with Gasteiger partial charge in [0.15, 0.2) is 6.61 Å². The quantitative estimate of drug-likeness (QED) is 0.254. The van der Waals surface area contributed by atoms with Crippen molar-refractivity contribution in [2.24, 2.45) is 0 Å². The average Bonchev–Trinajstić information content (AvgIpc) is 3.47. The number of nitro groups is 1. The van der Waals surface area contributed by atoms with Crippen LogP contribution in [0.15, 0.2) is 72.8 Å². The van der Waals surface area contributed by atoms with Crippen molar-refractivity contribution < 1.29 is 24.0 Å². The number of rotatable bonds is 12. The van der Waals surface area contributed by atoms with E-state index >= 15 is 0 Å². The zero-order valence-electron chi connectivity index (χ0n) is 22.9. The van der Waals surface area contributed by atoms with Crippen LogP contribution in [0.1, 0.15) is 42.4 Å². The second-order valence-corrected chi connectivity index (χ2v) is 10.0. The molecular weight excluding hydrogens is 510 g/mol. The number of nitro benzene ring substituents is 1. The normalized spacial score (nSPS) is 13.8. The Morgan fingerprint density at radius 2 is 1.75 bits per heavy atom. The van der Waals surface area contributed by atoms with Crippen LogP contribution < -0.4 is 14.8 Å². The first kappa shape index (κ1) is 28.6. The monoisotopic (exact) mass is 545 g/mol. The number of hydrogen-bond donors (Lipinski definition) is 1. The van der Waals surface area contributed by atoms with Crippen molar-refractivity contribution in [1.82, 2.24) is 10.2 Å². The molecule has 0 radical (unpaired) electrons. The first-order chi connectivity index (χ1) is 19.4. The topological polar surface area (TPSA) is 111 Å². The summed E-state index contributed by atoms with van der Waals surface area (Å²) in [5.74, 6) is -0.274. The number of nitrogens with one attached hydrogen (secondary N) is 1. The molecule has 0 spiro atoms. The third-order valence-corrected chi connectivity index (χ3v) is 7.28. The Morgan fingerprint density at radius 1 is 1.05 bits per heavy atom. The van der Waals surface area contributed by atoms with E-state index < -0.39 is 11.0 Å². The fourth-order valence-electron chi connectivity index (χ4n) is 5.02.